The molecule has 0 amide bonds. The highest BCUT2D eigenvalue weighted by molar-refractivity contribution is 7.17. The monoisotopic (exact) mass is 312 g/mol. The predicted octanol–water partition coefficient (Wildman–Crippen LogP) is 3.75. The number of thiophene rings is 1. The minimum atomic E-state index is -0.295. The summed E-state index contributed by atoms with van der Waals surface area (Å²) >= 11 is 1.44. The number of carbonyl (C=O) groups excluding carboxylic acids is 1. The molecule has 3 rings (SSSR count). The fourth-order valence-electron chi connectivity index (χ4n) is 2.31. The zero-order valence-electron chi connectivity index (χ0n) is 12.4. The van der Waals surface area contributed by atoms with Gasteiger partial charge in [0, 0.05) is 16.6 Å². The van der Waals surface area contributed by atoms with Gasteiger partial charge in [-0.1, -0.05) is 30.3 Å². The molecule has 22 heavy (non-hydrogen) atoms. The van der Waals surface area contributed by atoms with Crippen LogP contribution in [0.1, 0.15) is 20.8 Å². The molecule has 0 saturated heterocycles. The Morgan fingerprint density at radius 2 is 2.09 bits per heavy atom. The minimum Gasteiger partial charge on any atom is -0.465 e. The second-order valence-electron chi connectivity index (χ2n) is 5.03. The standard InChI is InChI=1S/C17H16N2O2S/c1-12-8-15(17(20)21-2)22-16(12)14-9-18-19(11-14)10-13-6-4-3-5-7-13/h3-9,11H,10H2,1-2H3. The van der Waals surface area contributed by atoms with Crippen molar-refractivity contribution in [1.29, 1.82) is 0 Å². The number of ether oxygens (including phenoxy) is 1. The van der Waals surface area contributed by atoms with Crippen LogP contribution in [-0.2, 0) is 11.3 Å². The fraction of sp³-hybridized carbons (Fsp3) is 0.176. The van der Waals surface area contributed by atoms with E-state index in [1.165, 1.54) is 24.0 Å². The first-order valence-electron chi connectivity index (χ1n) is 6.93. The number of nitrogens with zero attached hydrogens (tertiary/aromatic N) is 2. The van der Waals surface area contributed by atoms with Crippen LogP contribution in [0.5, 0.6) is 0 Å². The average Bonchev–Trinajstić information content (AvgIpc) is 3.14. The summed E-state index contributed by atoms with van der Waals surface area (Å²) in [5, 5.41) is 4.41. The Kier molecular flexibility index (Phi) is 4.06. The molecule has 0 N–H and O–H groups in total. The van der Waals surface area contributed by atoms with Gasteiger partial charge >= 0.3 is 5.97 Å². The summed E-state index contributed by atoms with van der Waals surface area (Å²) in [5.41, 5.74) is 3.29. The lowest BCUT2D eigenvalue weighted by Gasteiger charge is -2.00. The molecular formula is C17H16N2O2S. The maximum absolute atomic E-state index is 11.6. The Bertz CT molecular complexity index is 790. The van der Waals surface area contributed by atoms with Gasteiger partial charge < -0.3 is 4.74 Å². The molecule has 4 nitrogen and oxygen atoms in total. The molecule has 1 aromatic carbocycles. The predicted molar refractivity (Wildman–Crippen MR) is 87.2 cm³/mol. The molecule has 0 fully saturated rings. The molecule has 0 spiro atoms. The quantitative estimate of drug-likeness (QED) is 0.689. The van der Waals surface area contributed by atoms with Gasteiger partial charge in [-0.25, -0.2) is 4.79 Å². The molecule has 0 aliphatic heterocycles. The van der Waals surface area contributed by atoms with Crippen LogP contribution in [-0.4, -0.2) is 22.9 Å². The Morgan fingerprint density at radius 1 is 1.32 bits per heavy atom. The van der Waals surface area contributed by atoms with E-state index >= 15 is 0 Å². The Balaban J connectivity index is 1.85. The van der Waals surface area contributed by atoms with E-state index < -0.39 is 0 Å². The van der Waals surface area contributed by atoms with Gasteiger partial charge in [-0.05, 0) is 24.1 Å². The van der Waals surface area contributed by atoms with Gasteiger partial charge in [0.2, 0.25) is 0 Å². The van der Waals surface area contributed by atoms with Gasteiger partial charge in [-0.3, -0.25) is 4.68 Å². The van der Waals surface area contributed by atoms with Crippen molar-refractivity contribution < 1.29 is 9.53 Å². The van der Waals surface area contributed by atoms with E-state index in [1.807, 2.05) is 48.3 Å². The molecule has 0 atom stereocenters. The number of methoxy groups -OCH3 is 1. The van der Waals surface area contributed by atoms with Crippen LogP contribution in [0.2, 0.25) is 0 Å². The molecule has 0 aliphatic carbocycles. The van der Waals surface area contributed by atoms with E-state index in [0.717, 1.165) is 22.5 Å². The van der Waals surface area contributed by atoms with Crippen molar-refractivity contribution in [1.82, 2.24) is 9.78 Å². The molecular weight excluding hydrogens is 296 g/mol. The third-order valence-corrected chi connectivity index (χ3v) is 4.65. The molecule has 2 aromatic heterocycles. The van der Waals surface area contributed by atoms with Gasteiger partial charge in [0.1, 0.15) is 4.88 Å². The smallest absolute Gasteiger partial charge is 0.348 e. The maximum Gasteiger partial charge on any atom is 0.348 e. The lowest BCUT2D eigenvalue weighted by atomic mass is 10.2. The molecule has 0 radical (unpaired) electrons. The van der Waals surface area contributed by atoms with Crippen molar-refractivity contribution in [3.8, 4) is 10.4 Å². The van der Waals surface area contributed by atoms with E-state index in [4.69, 9.17) is 4.74 Å². The third-order valence-electron chi connectivity index (χ3n) is 3.39. The lowest BCUT2D eigenvalue weighted by molar-refractivity contribution is 0.0606. The van der Waals surface area contributed by atoms with Gasteiger partial charge in [-0.15, -0.1) is 11.3 Å². The summed E-state index contributed by atoms with van der Waals surface area (Å²) in [5.74, 6) is -0.295. The van der Waals surface area contributed by atoms with Crippen LogP contribution in [0.3, 0.4) is 0 Å². The lowest BCUT2D eigenvalue weighted by Crippen LogP contribution is -1.99. The summed E-state index contributed by atoms with van der Waals surface area (Å²) in [7, 11) is 1.40. The Morgan fingerprint density at radius 3 is 2.82 bits per heavy atom. The van der Waals surface area contributed by atoms with E-state index in [9.17, 15) is 4.79 Å². The molecule has 0 saturated carbocycles. The summed E-state index contributed by atoms with van der Waals surface area (Å²) < 4.78 is 6.68. The zero-order chi connectivity index (χ0) is 15.5. The van der Waals surface area contributed by atoms with Gasteiger partial charge in [0.05, 0.1) is 19.9 Å². The first-order chi connectivity index (χ1) is 10.7. The van der Waals surface area contributed by atoms with Gasteiger partial charge in [-0.2, -0.15) is 5.10 Å². The van der Waals surface area contributed by atoms with Crippen LogP contribution in [0.4, 0.5) is 0 Å². The molecule has 112 valence electrons. The molecule has 3 aromatic rings. The second kappa shape index (κ2) is 6.15. The molecule has 0 aliphatic rings. The number of aryl methyl sites for hydroxylation is 1. The van der Waals surface area contributed by atoms with Crippen LogP contribution in [0.15, 0.2) is 48.8 Å². The van der Waals surface area contributed by atoms with Crippen LogP contribution in [0.25, 0.3) is 10.4 Å². The summed E-state index contributed by atoms with van der Waals surface area (Å²) in [6, 6.07) is 12.1. The number of carbonyl (C=O) groups is 1. The molecule has 2 heterocycles. The Hall–Kier alpha value is -2.40. The first-order valence-corrected chi connectivity index (χ1v) is 7.74. The fourth-order valence-corrected chi connectivity index (χ4v) is 3.37. The topological polar surface area (TPSA) is 44.1 Å². The maximum atomic E-state index is 11.6. The third kappa shape index (κ3) is 2.94. The number of hydrogen-bond acceptors (Lipinski definition) is 4. The highest BCUT2D eigenvalue weighted by atomic mass is 32.1. The summed E-state index contributed by atoms with van der Waals surface area (Å²) in [4.78, 5) is 13.3. The van der Waals surface area contributed by atoms with Crippen molar-refractivity contribution in [3.63, 3.8) is 0 Å². The SMILES string of the molecule is COC(=O)c1cc(C)c(-c2cnn(Cc3ccccc3)c2)s1. The van der Waals surface area contributed by atoms with Crippen LogP contribution < -0.4 is 0 Å². The molecule has 5 heteroatoms. The van der Waals surface area contributed by atoms with E-state index in [0.29, 0.717) is 4.88 Å². The summed E-state index contributed by atoms with van der Waals surface area (Å²) in [6.45, 7) is 2.72. The molecule has 0 bridgehead atoms. The highest BCUT2D eigenvalue weighted by Gasteiger charge is 2.15. The van der Waals surface area contributed by atoms with E-state index in [2.05, 4.69) is 17.2 Å². The zero-order valence-corrected chi connectivity index (χ0v) is 13.3. The highest BCUT2D eigenvalue weighted by Crippen LogP contribution is 2.32. The van der Waals surface area contributed by atoms with Crippen molar-refractivity contribution in [3.05, 3.63) is 64.8 Å². The molecule has 0 unspecified atom stereocenters. The van der Waals surface area contributed by atoms with E-state index in [-0.39, 0.29) is 5.97 Å². The second-order valence-corrected chi connectivity index (χ2v) is 6.08. The van der Waals surface area contributed by atoms with Crippen LogP contribution >= 0.6 is 11.3 Å². The Labute approximate surface area is 133 Å². The van der Waals surface area contributed by atoms with Crippen molar-refractivity contribution >= 4 is 17.3 Å². The number of aromatic nitrogens is 2. The van der Waals surface area contributed by atoms with Crippen molar-refractivity contribution in [2.75, 3.05) is 7.11 Å². The van der Waals surface area contributed by atoms with Gasteiger partial charge in [0.25, 0.3) is 0 Å². The first kappa shape index (κ1) is 14.5. The number of rotatable bonds is 4. The van der Waals surface area contributed by atoms with Crippen molar-refractivity contribution in [2.24, 2.45) is 0 Å². The van der Waals surface area contributed by atoms with Crippen molar-refractivity contribution in [2.45, 2.75) is 13.5 Å². The minimum absolute atomic E-state index is 0.295. The normalized spacial score (nSPS) is 10.6. The number of hydrogen-bond donors (Lipinski definition) is 0. The largest absolute Gasteiger partial charge is 0.465 e. The summed E-state index contributed by atoms with van der Waals surface area (Å²) in [6.07, 6.45) is 3.84. The average molecular weight is 312 g/mol. The van der Waals surface area contributed by atoms with Crippen LogP contribution in [0, 0.1) is 6.92 Å². The number of benzene rings is 1. The van der Waals surface area contributed by atoms with E-state index in [1.54, 1.807) is 0 Å². The van der Waals surface area contributed by atoms with Gasteiger partial charge in [0.15, 0.2) is 0 Å². The number of esters is 1.